The molecule has 0 radical (unpaired) electrons. The molecule has 2 amide bonds. The number of carbonyl (C=O) groups excluding carboxylic acids is 2. The molecule has 0 fully saturated rings. The minimum absolute atomic E-state index is 0.0522. The van der Waals surface area contributed by atoms with Crippen LogP contribution in [0.2, 0.25) is 0 Å². The van der Waals surface area contributed by atoms with Crippen LogP contribution in [-0.2, 0) is 16.0 Å². The van der Waals surface area contributed by atoms with E-state index in [4.69, 9.17) is 18.9 Å². The van der Waals surface area contributed by atoms with E-state index in [1.54, 1.807) is 56.9 Å². The van der Waals surface area contributed by atoms with Gasteiger partial charge in [0.15, 0.2) is 0 Å². The maximum Gasteiger partial charge on any atom is 0.254 e. The number of nitrogens with zero attached hydrogens (tertiary/aromatic N) is 2. The Labute approximate surface area is 221 Å². The highest BCUT2D eigenvalue weighted by molar-refractivity contribution is 7.10. The number of carbonyl (C=O) groups is 2. The average Bonchev–Trinajstić information content (AvgIpc) is 3.43. The normalized spacial score (nSPS) is 14.6. The molecule has 0 N–H and O–H groups in total. The SMILES string of the molecule is COCCN(CC(=O)N1CCc2sccc2[C@H]1COc1cccc(OC)c1)C(=O)c1ccc(OC)cc1. The predicted octanol–water partition coefficient (Wildman–Crippen LogP) is 4.06. The van der Waals surface area contributed by atoms with Gasteiger partial charge in [0.05, 0.1) is 26.9 Å². The number of methoxy groups -OCH3 is 3. The van der Waals surface area contributed by atoms with Crippen LogP contribution >= 0.6 is 11.3 Å². The topological polar surface area (TPSA) is 77.5 Å². The molecule has 1 aliphatic heterocycles. The summed E-state index contributed by atoms with van der Waals surface area (Å²) in [6, 6.07) is 16.1. The van der Waals surface area contributed by atoms with Crippen LogP contribution in [0.5, 0.6) is 17.2 Å². The first-order chi connectivity index (χ1) is 18.0. The smallest absolute Gasteiger partial charge is 0.254 e. The molecule has 1 atom stereocenters. The van der Waals surface area contributed by atoms with Crippen molar-refractivity contribution in [2.24, 2.45) is 0 Å². The fourth-order valence-electron chi connectivity index (χ4n) is 4.36. The highest BCUT2D eigenvalue weighted by Crippen LogP contribution is 2.34. The number of amides is 2. The van der Waals surface area contributed by atoms with Crippen molar-refractivity contribution in [2.45, 2.75) is 12.5 Å². The van der Waals surface area contributed by atoms with Gasteiger partial charge in [-0.1, -0.05) is 6.07 Å². The first kappa shape index (κ1) is 26.5. The van der Waals surface area contributed by atoms with Crippen molar-refractivity contribution in [2.75, 3.05) is 54.2 Å². The summed E-state index contributed by atoms with van der Waals surface area (Å²) in [4.78, 5) is 31.6. The van der Waals surface area contributed by atoms with Gasteiger partial charge in [0.2, 0.25) is 5.91 Å². The lowest BCUT2D eigenvalue weighted by molar-refractivity contribution is -0.135. The lowest BCUT2D eigenvalue weighted by atomic mass is 10.0. The first-order valence-electron chi connectivity index (χ1n) is 12.1. The second-order valence-corrected chi connectivity index (χ2v) is 9.59. The van der Waals surface area contributed by atoms with E-state index in [-0.39, 0.29) is 24.4 Å². The molecule has 0 bridgehead atoms. The number of thiophene rings is 1. The second kappa shape index (κ2) is 12.6. The molecular formula is C28H32N2O6S. The zero-order valence-electron chi connectivity index (χ0n) is 21.3. The second-order valence-electron chi connectivity index (χ2n) is 8.59. The van der Waals surface area contributed by atoms with Crippen molar-refractivity contribution in [3.63, 3.8) is 0 Å². The van der Waals surface area contributed by atoms with Crippen LogP contribution in [0.4, 0.5) is 0 Å². The van der Waals surface area contributed by atoms with Gasteiger partial charge in [-0.2, -0.15) is 0 Å². The van der Waals surface area contributed by atoms with Gasteiger partial charge < -0.3 is 28.7 Å². The number of fused-ring (bicyclic) bond motifs is 1. The third-order valence-corrected chi connectivity index (χ3v) is 7.38. The predicted molar refractivity (Wildman–Crippen MR) is 142 cm³/mol. The van der Waals surface area contributed by atoms with Crippen molar-refractivity contribution in [3.8, 4) is 17.2 Å². The van der Waals surface area contributed by atoms with Gasteiger partial charge in [-0.25, -0.2) is 0 Å². The van der Waals surface area contributed by atoms with E-state index in [0.717, 1.165) is 12.0 Å². The Morgan fingerprint density at radius 2 is 1.76 bits per heavy atom. The monoisotopic (exact) mass is 524 g/mol. The Hall–Kier alpha value is -3.56. The van der Waals surface area contributed by atoms with Crippen molar-refractivity contribution in [1.29, 1.82) is 0 Å². The maximum absolute atomic E-state index is 13.7. The summed E-state index contributed by atoms with van der Waals surface area (Å²) in [5.41, 5.74) is 1.58. The van der Waals surface area contributed by atoms with E-state index in [1.165, 1.54) is 9.78 Å². The molecule has 1 aromatic heterocycles. The van der Waals surface area contributed by atoms with Crippen molar-refractivity contribution >= 4 is 23.2 Å². The molecule has 0 saturated heterocycles. The summed E-state index contributed by atoms with van der Waals surface area (Å²) in [6.07, 6.45) is 0.777. The lowest BCUT2D eigenvalue weighted by Gasteiger charge is -2.37. The molecule has 0 saturated carbocycles. The van der Waals surface area contributed by atoms with E-state index < -0.39 is 0 Å². The van der Waals surface area contributed by atoms with Crippen LogP contribution < -0.4 is 14.2 Å². The van der Waals surface area contributed by atoms with Crippen molar-refractivity contribution in [1.82, 2.24) is 9.80 Å². The molecule has 1 aliphatic rings. The fourth-order valence-corrected chi connectivity index (χ4v) is 5.29. The molecule has 4 rings (SSSR count). The summed E-state index contributed by atoms with van der Waals surface area (Å²) in [5.74, 6) is 1.68. The van der Waals surface area contributed by atoms with Gasteiger partial charge >= 0.3 is 0 Å². The third-order valence-electron chi connectivity index (χ3n) is 6.38. The highest BCUT2D eigenvalue weighted by atomic mass is 32.1. The summed E-state index contributed by atoms with van der Waals surface area (Å²) in [5, 5.41) is 2.05. The first-order valence-corrected chi connectivity index (χ1v) is 13.0. The molecule has 0 aliphatic carbocycles. The van der Waals surface area contributed by atoms with Crippen LogP contribution in [0.3, 0.4) is 0 Å². The summed E-state index contributed by atoms with van der Waals surface area (Å²) in [6.45, 7) is 1.44. The van der Waals surface area contributed by atoms with Crippen LogP contribution in [0.25, 0.3) is 0 Å². The highest BCUT2D eigenvalue weighted by Gasteiger charge is 2.33. The number of ether oxygens (including phenoxy) is 4. The largest absolute Gasteiger partial charge is 0.497 e. The average molecular weight is 525 g/mol. The van der Waals surface area contributed by atoms with Crippen LogP contribution in [-0.4, -0.2) is 75.8 Å². The molecule has 9 heteroatoms. The Morgan fingerprint density at radius 1 is 1.00 bits per heavy atom. The number of hydrogen-bond donors (Lipinski definition) is 0. The fraction of sp³-hybridized carbons (Fsp3) is 0.357. The number of benzene rings is 2. The summed E-state index contributed by atoms with van der Waals surface area (Å²) in [7, 11) is 4.76. The Morgan fingerprint density at radius 3 is 2.49 bits per heavy atom. The summed E-state index contributed by atoms with van der Waals surface area (Å²) >= 11 is 1.70. The van der Waals surface area contributed by atoms with Gasteiger partial charge in [0, 0.05) is 36.7 Å². The Balaban J connectivity index is 1.51. The van der Waals surface area contributed by atoms with Gasteiger partial charge in [-0.05, 0) is 59.8 Å². The minimum Gasteiger partial charge on any atom is -0.497 e. The number of rotatable bonds is 11. The van der Waals surface area contributed by atoms with Crippen molar-refractivity contribution in [3.05, 3.63) is 76.0 Å². The molecule has 2 heterocycles. The van der Waals surface area contributed by atoms with E-state index in [2.05, 4.69) is 11.4 Å². The molecule has 196 valence electrons. The lowest BCUT2D eigenvalue weighted by Crippen LogP contribution is -2.48. The van der Waals surface area contributed by atoms with E-state index in [1.807, 2.05) is 29.2 Å². The van der Waals surface area contributed by atoms with Gasteiger partial charge in [-0.15, -0.1) is 11.3 Å². The molecule has 2 aromatic carbocycles. The number of hydrogen-bond acceptors (Lipinski definition) is 7. The van der Waals surface area contributed by atoms with Crippen LogP contribution in [0.1, 0.15) is 26.8 Å². The van der Waals surface area contributed by atoms with Crippen molar-refractivity contribution < 1.29 is 28.5 Å². The molecule has 3 aromatic rings. The van der Waals surface area contributed by atoms with Crippen LogP contribution in [0, 0.1) is 0 Å². The molecule has 0 spiro atoms. The zero-order chi connectivity index (χ0) is 26.2. The van der Waals surface area contributed by atoms with Gasteiger partial charge in [0.25, 0.3) is 5.91 Å². The molecule has 0 unspecified atom stereocenters. The van der Waals surface area contributed by atoms with E-state index in [9.17, 15) is 9.59 Å². The Bertz CT molecular complexity index is 1200. The van der Waals surface area contributed by atoms with Gasteiger partial charge in [0.1, 0.15) is 30.4 Å². The Kier molecular flexibility index (Phi) is 9.03. The van der Waals surface area contributed by atoms with E-state index in [0.29, 0.717) is 49.1 Å². The quantitative estimate of drug-likeness (QED) is 0.377. The summed E-state index contributed by atoms with van der Waals surface area (Å²) < 4.78 is 21.8. The molecular weight excluding hydrogens is 492 g/mol. The standard InChI is InChI=1S/C28H32N2O6S/c1-33-15-14-29(28(32)20-7-9-21(34-2)10-8-20)18-27(31)30-13-11-26-24(12-16-37-26)25(30)19-36-23-6-4-5-22(17-23)35-3/h4-10,12,16-17,25H,11,13-15,18-19H2,1-3H3/t25-/m1/s1. The molecule has 37 heavy (non-hydrogen) atoms. The van der Waals surface area contributed by atoms with Gasteiger partial charge in [-0.3, -0.25) is 9.59 Å². The third kappa shape index (κ3) is 6.42. The minimum atomic E-state index is -0.255. The maximum atomic E-state index is 13.7. The molecule has 8 nitrogen and oxygen atoms in total. The van der Waals surface area contributed by atoms with Crippen LogP contribution in [0.15, 0.2) is 60.0 Å². The van der Waals surface area contributed by atoms with E-state index >= 15 is 0 Å². The zero-order valence-corrected chi connectivity index (χ0v) is 22.2.